The summed E-state index contributed by atoms with van der Waals surface area (Å²) in [6.45, 7) is 1.32. The van der Waals surface area contributed by atoms with E-state index in [0.29, 0.717) is 0 Å². The molecule has 0 aromatic carbocycles. The van der Waals surface area contributed by atoms with E-state index >= 15 is 0 Å². The number of urea groups is 1. The van der Waals surface area contributed by atoms with Crippen molar-refractivity contribution < 1.29 is 18.3 Å². The molecule has 1 aromatic heterocycles. The first-order valence-corrected chi connectivity index (χ1v) is 8.30. The molecule has 0 unspecified atom stereocenters. The van der Waals surface area contributed by atoms with Gasteiger partial charge in [-0.1, -0.05) is 6.07 Å². The minimum atomic E-state index is -2.56. The zero-order valence-electron chi connectivity index (χ0n) is 13.4. The number of hydrogen-bond acceptors (Lipinski definition) is 4. The molecule has 24 heavy (non-hydrogen) atoms. The molecule has 1 aliphatic heterocycles. The number of amides is 2. The predicted octanol–water partition coefficient (Wildman–Crippen LogP) is 2.47. The molecule has 8 heteroatoms. The monoisotopic (exact) mass is 340 g/mol. The van der Waals surface area contributed by atoms with Crippen LogP contribution in [0.25, 0.3) is 0 Å². The van der Waals surface area contributed by atoms with Gasteiger partial charge in [-0.15, -0.1) is 0 Å². The highest BCUT2D eigenvalue weighted by Gasteiger charge is 2.32. The lowest BCUT2D eigenvalue weighted by Crippen LogP contribution is -2.46. The average Bonchev–Trinajstić information content (AvgIpc) is 3.39. The van der Waals surface area contributed by atoms with Gasteiger partial charge in [-0.05, 0) is 31.7 Å². The summed E-state index contributed by atoms with van der Waals surface area (Å²) in [5, 5.41) is 5.56. The topological polar surface area (TPSA) is 66.5 Å². The molecule has 1 saturated heterocycles. The van der Waals surface area contributed by atoms with Crippen molar-refractivity contribution in [3.8, 4) is 5.88 Å². The summed E-state index contributed by atoms with van der Waals surface area (Å²) in [6.07, 6.45) is 1.92. The number of hydrogen-bond donors (Lipinski definition) is 2. The summed E-state index contributed by atoms with van der Waals surface area (Å²) >= 11 is 0. The molecule has 0 radical (unpaired) electrons. The van der Waals surface area contributed by atoms with Crippen LogP contribution in [0.5, 0.6) is 5.88 Å². The van der Waals surface area contributed by atoms with E-state index in [1.807, 2.05) is 0 Å². The molecule has 2 aliphatic rings. The van der Waals surface area contributed by atoms with Gasteiger partial charge in [-0.3, -0.25) is 5.32 Å². The van der Waals surface area contributed by atoms with Crippen molar-refractivity contribution in [2.75, 3.05) is 25.0 Å². The van der Waals surface area contributed by atoms with Gasteiger partial charge in [-0.25, -0.2) is 13.6 Å². The maximum Gasteiger partial charge on any atom is 0.320 e. The van der Waals surface area contributed by atoms with E-state index in [9.17, 15) is 13.6 Å². The van der Waals surface area contributed by atoms with Gasteiger partial charge in [-0.2, -0.15) is 4.98 Å². The summed E-state index contributed by atoms with van der Waals surface area (Å²) in [5.41, 5.74) is 0. The fraction of sp³-hybridized carbons (Fsp3) is 0.625. The normalized spacial score (nSPS) is 19.3. The van der Waals surface area contributed by atoms with Gasteiger partial charge < -0.3 is 15.0 Å². The van der Waals surface area contributed by atoms with Gasteiger partial charge in [0.05, 0.1) is 0 Å². The first-order chi connectivity index (χ1) is 11.6. The van der Waals surface area contributed by atoms with Crippen LogP contribution in [0, 0.1) is 0 Å². The standard InChI is InChI=1S/C16H22F2N4O2/c17-13(18)10-24-15-3-1-2-14(20-15)21-16(23)19-11-6-8-22(9-7-11)12-4-5-12/h1-3,11-13H,4-10H2,(H2,19,20,21,23). The smallest absolute Gasteiger partial charge is 0.320 e. The van der Waals surface area contributed by atoms with Gasteiger partial charge in [0.15, 0.2) is 6.61 Å². The van der Waals surface area contributed by atoms with E-state index in [4.69, 9.17) is 4.74 Å². The van der Waals surface area contributed by atoms with E-state index in [0.717, 1.165) is 32.0 Å². The van der Waals surface area contributed by atoms with Crippen LogP contribution in [0.3, 0.4) is 0 Å². The first-order valence-electron chi connectivity index (χ1n) is 8.30. The second-order valence-electron chi connectivity index (χ2n) is 6.20. The van der Waals surface area contributed by atoms with Gasteiger partial charge in [0, 0.05) is 31.2 Å². The largest absolute Gasteiger partial charge is 0.472 e. The van der Waals surface area contributed by atoms with Crippen LogP contribution in [0.4, 0.5) is 19.4 Å². The Kier molecular flexibility index (Phi) is 5.44. The highest BCUT2D eigenvalue weighted by Crippen LogP contribution is 2.29. The highest BCUT2D eigenvalue weighted by atomic mass is 19.3. The van der Waals surface area contributed by atoms with Crippen molar-refractivity contribution in [2.45, 2.75) is 44.2 Å². The summed E-state index contributed by atoms with van der Waals surface area (Å²) in [6, 6.07) is 5.23. The van der Waals surface area contributed by atoms with Crippen molar-refractivity contribution in [1.82, 2.24) is 15.2 Å². The third-order valence-corrected chi connectivity index (χ3v) is 4.25. The van der Waals surface area contributed by atoms with Gasteiger partial charge in [0.25, 0.3) is 6.43 Å². The highest BCUT2D eigenvalue weighted by molar-refractivity contribution is 5.88. The number of halogens is 2. The number of pyridine rings is 1. The molecular weight excluding hydrogens is 318 g/mol. The Balaban J connectivity index is 1.43. The van der Waals surface area contributed by atoms with E-state index in [-0.39, 0.29) is 23.8 Å². The molecule has 1 saturated carbocycles. The molecule has 3 rings (SSSR count). The quantitative estimate of drug-likeness (QED) is 0.835. The van der Waals surface area contributed by atoms with Crippen LogP contribution in [-0.4, -0.2) is 54.1 Å². The van der Waals surface area contributed by atoms with Crippen molar-refractivity contribution in [3.63, 3.8) is 0 Å². The van der Waals surface area contributed by atoms with E-state index in [1.165, 1.54) is 18.9 Å². The number of likely N-dealkylation sites (tertiary alicyclic amines) is 1. The summed E-state index contributed by atoms with van der Waals surface area (Å²) in [4.78, 5) is 18.5. The van der Waals surface area contributed by atoms with Crippen LogP contribution in [0.2, 0.25) is 0 Å². The van der Waals surface area contributed by atoms with Crippen LogP contribution in [-0.2, 0) is 0 Å². The second-order valence-corrected chi connectivity index (χ2v) is 6.20. The minimum Gasteiger partial charge on any atom is -0.472 e. The molecule has 0 atom stereocenters. The Morgan fingerprint density at radius 2 is 2.04 bits per heavy atom. The summed E-state index contributed by atoms with van der Waals surface area (Å²) < 4.78 is 29.1. The number of alkyl halides is 2. The zero-order chi connectivity index (χ0) is 16.9. The van der Waals surface area contributed by atoms with E-state index in [2.05, 4.69) is 20.5 Å². The number of anilines is 1. The van der Waals surface area contributed by atoms with Gasteiger partial charge in [0.1, 0.15) is 5.82 Å². The molecule has 6 nitrogen and oxygen atoms in total. The van der Waals surface area contributed by atoms with Crippen LogP contribution >= 0.6 is 0 Å². The Morgan fingerprint density at radius 3 is 2.71 bits per heavy atom. The molecule has 132 valence electrons. The number of nitrogens with zero attached hydrogens (tertiary/aromatic N) is 2. The Morgan fingerprint density at radius 1 is 1.29 bits per heavy atom. The first kappa shape index (κ1) is 16.9. The van der Waals surface area contributed by atoms with Crippen LogP contribution in [0.15, 0.2) is 18.2 Å². The Labute approximate surface area is 139 Å². The van der Waals surface area contributed by atoms with Crippen LogP contribution < -0.4 is 15.4 Å². The van der Waals surface area contributed by atoms with Crippen molar-refractivity contribution in [1.29, 1.82) is 0 Å². The Hall–Kier alpha value is -1.96. The van der Waals surface area contributed by atoms with Crippen molar-refractivity contribution >= 4 is 11.8 Å². The lowest BCUT2D eigenvalue weighted by Gasteiger charge is -2.32. The third-order valence-electron chi connectivity index (χ3n) is 4.25. The fourth-order valence-electron chi connectivity index (χ4n) is 2.90. The zero-order valence-corrected chi connectivity index (χ0v) is 13.4. The van der Waals surface area contributed by atoms with Crippen molar-refractivity contribution in [2.24, 2.45) is 0 Å². The number of rotatable bonds is 6. The van der Waals surface area contributed by atoms with E-state index in [1.54, 1.807) is 12.1 Å². The maximum absolute atomic E-state index is 12.1. The molecule has 1 aromatic rings. The molecule has 2 N–H and O–H groups in total. The van der Waals surface area contributed by atoms with E-state index < -0.39 is 13.0 Å². The second kappa shape index (κ2) is 7.74. The molecule has 2 fully saturated rings. The van der Waals surface area contributed by atoms with Gasteiger partial charge >= 0.3 is 6.03 Å². The number of piperidine rings is 1. The maximum atomic E-state index is 12.1. The number of nitrogens with one attached hydrogen (secondary N) is 2. The average molecular weight is 340 g/mol. The molecule has 2 amide bonds. The molecule has 0 bridgehead atoms. The third kappa shape index (κ3) is 5.02. The van der Waals surface area contributed by atoms with Crippen molar-refractivity contribution in [3.05, 3.63) is 18.2 Å². The van der Waals surface area contributed by atoms with Gasteiger partial charge in [0.2, 0.25) is 5.88 Å². The van der Waals surface area contributed by atoms with Crippen LogP contribution in [0.1, 0.15) is 25.7 Å². The number of carbonyl (C=O) groups is 1. The molecule has 0 spiro atoms. The molecular formula is C16H22F2N4O2. The molecule has 2 heterocycles. The fourth-order valence-corrected chi connectivity index (χ4v) is 2.90. The Bertz CT molecular complexity index is 561. The summed E-state index contributed by atoms with van der Waals surface area (Å²) in [5.74, 6) is 0.334. The number of aromatic nitrogens is 1. The lowest BCUT2D eigenvalue weighted by molar-refractivity contribution is 0.0796. The lowest BCUT2D eigenvalue weighted by atomic mass is 10.1. The number of carbonyl (C=O) groups excluding carboxylic acids is 1. The predicted molar refractivity (Wildman–Crippen MR) is 85.5 cm³/mol. The molecule has 1 aliphatic carbocycles. The number of ether oxygens (including phenoxy) is 1. The summed E-state index contributed by atoms with van der Waals surface area (Å²) in [7, 11) is 0. The SMILES string of the molecule is O=C(Nc1cccc(OCC(F)F)n1)NC1CCN(C2CC2)CC1. The minimum absolute atomic E-state index is 0.0610.